The van der Waals surface area contributed by atoms with Crippen LogP contribution in [0.5, 0.6) is 0 Å². The molecule has 0 saturated carbocycles. The van der Waals surface area contributed by atoms with Crippen LogP contribution in [-0.2, 0) is 15.8 Å². The quantitative estimate of drug-likeness (QED) is 0.891. The smallest absolute Gasteiger partial charge is 0.218 e. The first kappa shape index (κ1) is 15.2. The van der Waals surface area contributed by atoms with Crippen molar-refractivity contribution in [3.05, 3.63) is 51.8 Å². The van der Waals surface area contributed by atoms with Crippen molar-refractivity contribution in [1.82, 2.24) is 9.88 Å². The van der Waals surface area contributed by atoms with Crippen molar-refractivity contribution in [2.45, 2.75) is 25.6 Å². The second-order valence-electron chi connectivity index (χ2n) is 4.58. The van der Waals surface area contributed by atoms with E-state index in [1.807, 2.05) is 24.3 Å². The highest BCUT2D eigenvalue weighted by Gasteiger charge is 2.18. The molecule has 108 valence electrons. The zero-order valence-electron chi connectivity index (χ0n) is 11.1. The molecule has 1 aromatic carbocycles. The van der Waals surface area contributed by atoms with Gasteiger partial charge in [0.1, 0.15) is 17.2 Å². The van der Waals surface area contributed by atoms with Gasteiger partial charge < -0.3 is 4.52 Å². The molecular weight excluding hydrogens is 344 g/mol. The van der Waals surface area contributed by atoms with Crippen LogP contribution in [0.2, 0.25) is 0 Å². The van der Waals surface area contributed by atoms with Crippen molar-refractivity contribution in [2.75, 3.05) is 0 Å². The largest absolute Gasteiger partial charge is 0.361 e. The van der Waals surface area contributed by atoms with Gasteiger partial charge in [-0.05, 0) is 31.5 Å². The molecule has 1 N–H and O–H groups in total. The zero-order valence-corrected chi connectivity index (χ0v) is 13.5. The second kappa shape index (κ2) is 6.07. The van der Waals surface area contributed by atoms with Crippen molar-refractivity contribution >= 4 is 26.0 Å². The fourth-order valence-electron chi connectivity index (χ4n) is 1.81. The van der Waals surface area contributed by atoms with E-state index in [4.69, 9.17) is 4.52 Å². The highest BCUT2D eigenvalue weighted by atomic mass is 79.9. The van der Waals surface area contributed by atoms with Gasteiger partial charge in [0, 0.05) is 16.6 Å². The molecule has 1 aromatic heterocycles. The fraction of sp³-hybridized carbons (Fsp3) is 0.308. The lowest BCUT2D eigenvalue weighted by atomic mass is 10.1. The zero-order chi connectivity index (χ0) is 14.8. The maximum Gasteiger partial charge on any atom is 0.218 e. The van der Waals surface area contributed by atoms with E-state index in [0.29, 0.717) is 11.5 Å². The number of hydrogen-bond acceptors (Lipinski definition) is 4. The van der Waals surface area contributed by atoms with Crippen LogP contribution in [0.1, 0.15) is 30.0 Å². The number of benzene rings is 1. The number of nitrogens with one attached hydrogen (secondary N) is 1. The molecule has 1 atom stereocenters. The first-order chi connectivity index (χ1) is 9.35. The predicted octanol–water partition coefficient (Wildman–Crippen LogP) is 2.93. The number of rotatable bonds is 5. The monoisotopic (exact) mass is 358 g/mol. The average molecular weight is 359 g/mol. The van der Waals surface area contributed by atoms with Crippen molar-refractivity contribution < 1.29 is 12.9 Å². The van der Waals surface area contributed by atoms with E-state index >= 15 is 0 Å². The van der Waals surface area contributed by atoms with Crippen LogP contribution in [0, 0.1) is 6.92 Å². The van der Waals surface area contributed by atoms with E-state index in [0.717, 1.165) is 10.0 Å². The topological polar surface area (TPSA) is 72.2 Å². The van der Waals surface area contributed by atoms with Crippen LogP contribution in [0.4, 0.5) is 0 Å². The van der Waals surface area contributed by atoms with Gasteiger partial charge in [0.2, 0.25) is 10.0 Å². The fourth-order valence-corrected chi connectivity index (χ4v) is 3.36. The molecule has 0 aliphatic rings. The SMILES string of the molecule is Cc1cc(CS(=O)(=O)NC(C)c2ccc(Br)cc2)no1. The molecule has 0 saturated heterocycles. The van der Waals surface area contributed by atoms with Crippen LogP contribution in [0.3, 0.4) is 0 Å². The normalized spacial score (nSPS) is 13.3. The number of sulfonamides is 1. The number of aromatic nitrogens is 1. The molecule has 0 bridgehead atoms. The van der Waals surface area contributed by atoms with Gasteiger partial charge >= 0.3 is 0 Å². The van der Waals surface area contributed by atoms with Gasteiger partial charge in [-0.3, -0.25) is 0 Å². The van der Waals surface area contributed by atoms with Crippen molar-refractivity contribution in [3.8, 4) is 0 Å². The molecule has 0 aliphatic heterocycles. The molecule has 1 heterocycles. The lowest BCUT2D eigenvalue weighted by molar-refractivity contribution is 0.392. The lowest BCUT2D eigenvalue weighted by Crippen LogP contribution is -2.28. The Balaban J connectivity index is 2.05. The first-order valence-corrected chi connectivity index (χ1v) is 8.48. The molecule has 0 amide bonds. The van der Waals surface area contributed by atoms with Gasteiger partial charge in [-0.1, -0.05) is 33.2 Å². The minimum absolute atomic E-state index is 0.189. The molecule has 2 aromatic rings. The van der Waals surface area contributed by atoms with Crippen LogP contribution in [0.25, 0.3) is 0 Å². The number of aryl methyl sites for hydroxylation is 1. The van der Waals surface area contributed by atoms with Crippen LogP contribution >= 0.6 is 15.9 Å². The third-order valence-electron chi connectivity index (χ3n) is 2.74. The lowest BCUT2D eigenvalue weighted by Gasteiger charge is -2.14. The molecule has 5 nitrogen and oxygen atoms in total. The molecule has 2 rings (SSSR count). The van der Waals surface area contributed by atoms with Gasteiger partial charge in [0.05, 0.1) is 0 Å². The van der Waals surface area contributed by atoms with E-state index in [1.54, 1.807) is 19.9 Å². The molecule has 7 heteroatoms. The molecule has 1 unspecified atom stereocenters. The Morgan fingerprint density at radius 3 is 2.55 bits per heavy atom. The molecular formula is C13H15BrN2O3S. The maximum absolute atomic E-state index is 12.1. The van der Waals surface area contributed by atoms with Crippen LogP contribution in [-0.4, -0.2) is 13.6 Å². The highest BCUT2D eigenvalue weighted by Crippen LogP contribution is 2.18. The van der Waals surface area contributed by atoms with E-state index in [9.17, 15) is 8.42 Å². The van der Waals surface area contributed by atoms with Gasteiger partial charge in [0.25, 0.3) is 0 Å². The summed E-state index contributed by atoms with van der Waals surface area (Å²) in [6.07, 6.45) is 0. The van der Waals surface area contributed by atoms with Crippen molar-refractivity contribution in [1.29, 1.82) is 0 Å². The molecule has 0 radical (unpaired) electrons. The van der Waals surface area contributed by atoms with Gasteiger partial charge in [-0.15, -0.1) is 0 Å². The summed E-state index contributed by atoms with van der Waals surface area (Å²) >= 11 is 3.35. The number of nitrogens with zero attached hydrogens (tertiary/aromatic N) is 1. The Morgan fingerprint density at radius 1 is 1.35 bits per heavy atom. The van der Waals surface area contributed by atoms with Crippen molar-refractivity contribution in [2.24, 2.45) is 0 Å². The number of halogens is 1. The summed E-state index contributed by atoms with van der Waals surface area (Å²) in [6, 6.07) is 8.81. The van der Waals surface area contributed by atoms with Crippen LogP contribution < -0.4 is 4.72 Å². The summed E-state index contributed by atoms with van der Waals surface area (Å²) in [6.45, 7) is 3.52. The Morgan fingerprint density at radius 2 is 2.00 bits per heavy atom. The van der Waals surface area contributed by atoms with E-state index < -0.39 is 10.0 Å². The second-order valence-corrected chi connectivity index (χ2v) is 7.25. The van der Waals surface area contributed by atoms with E-state index in [1.165, 1.54) is 0 Å². The summed E-state index contributed by atoms with van der Waals surface area (Å²) in [5, 5.41) is 3.69. The van der Waals surface area contributed by atoms with E-state index in [2.05, 4.69) is 25.8 Å². The Bertz CT molecular complexity index is 680. The number of hydrogen-bond donors (Lipinski definition) is 1. The summed E-state index contributed by atoms with van der Waals surface area (Å²) in [5.74, 6) is 0.404. The van der Waals surface area contributed by atoms with E-state index in [-0.39, 0.29) is 11.8 Å². The van der Waals surface area contributed by atoms with Crippen LogP contribution in [0.15, 0.2) is 39.3 Å². The Kier molecular flexibility index (Phi) is 4.62. The standard InChI is InChI=1S/C13H15BrN2O3S/c1-9-7-13(15-19-9)8-20(17,18)16-10(2)11-3-5-12(14)6-4-11/h3-7,10,16H,8H2,1-2H3. The third-order valence-corrected chi connectivity index (χ3v) is 4.66. The van der Waals surface area contributed by atoms with Gasteiger partial charge in [0.15, 0.2) is 0 Å². The summed E-state index contributed by atoms with van der Waals surface area (Å²) < 4.78 is 32.6. The average Bonchev–Trinajstić information content (AvgIpc) is 2.73. The molecule has 0 spiro atoms. The Labute approximate surface area is 126 Å². The summed E-state index contributed by atoms with van der Waals surface area (Å²) in [7, 11) is -3.46. The minimum atomic E-state index is -3.46. The summed E-state index contributed by atoms with van der Waals surface area (Å²) in [5.41, 5.74) is 1.30. The first-order valence-electron chi connectivity index (χ1n) is 6.03. The van der Waals surface area contributed by atoms with Crippen molar-refractivity contribution in [3.63, 3.8) is 0 Å². The molecule has 20 heavy (non-hydrogen) atoms. The summed E-state index contributed by atoms with van der Waals surface area (Å²) in [4.78, 5) is 0. The predicted molar refractivity (Wildman–Crippen MR) is 79.6 cm³/mol. The molecule has 0 fully saturated rings. The molecule has 0 aliphatic carbocycles. The maximum atomic E-state index is 12.1. The van der Waals surface area contributed by atoms with Gasteiger partial charge in [-0.25, -0.2) is 13.1 Å². The highest BCUT2D eigenvalue weighted by molar-refractivity contribution is 9.10. The third kappa shape index (κ3) is 4.16. The minimum Gasteiger partial charge on any atom is -0.361 e. The van der Waals surface area contributed by atoms with Gasteiger partial charge in [-0.2, -0.15) is 0 Å². The Hall–Kier alpha value is -1.18.